The zero-order valence-corrected chi connectivity index (χ0v) is 8.69. The fourth-order valence-electron chi connectivity index (χ4n) is 0.795. The van der Waals surface area contributed by atoms with E-state index in [2.05, 4.69) is 19.1 Å². The Hall–Kier alpha value is -0.870. The van der Waals surface area contributed by atoms with E-state index in [4.69, 9.17) is 24.8 Å². The first-order valence-corrected chi connectivity index (χ1v) is 5.09. The second-order valence-electron chi connectivity index (χ2n) is 2.36. The molecule has 72 valence electrons. The lowest BCUT2D eigenvalue weighted by atomic mass is 10.2. The number of nitrogens with one attached hydrogen (secondary N) is 1. The van der Waals surface area contributed by atoms with Crippen molar-refractivity contribution < 1.29 is 8.42 Å². The van der Waals surface area contributed by atoms with Crippen molar-refractivity contribution in [1.29, 1.82) is 4.78 Å². The molecule has 0 fully saturated rings. The van der Waals surface area contributed by atoms with Gasteiger partial charge in [0.05, 0.1) is 0 Å². The summed E-state index contributed by atoms with van der Waals surface area (Å²) >= 11 is 5.60. The maximum atomic E-state index is 8.67. The number of benzene rings is 1. The summed E-state index contributed by atoms with van der Waals surface area (Å²) < 4.78 is 22.8. The summed E-state index contributed by atoms with van der Waals surface area (Å²) in [7, 11) is -2.61. The first kappa shape index (κ1) is 12.1. The van der Waals surface area contributed by atoms with Crippen LogP contribution in [-0.2, 0) is 16.4 Å². The Balaban J connectivity index is 0.000000310. The van der Waals surface area contributed by atoms with Crippen molar-refractivity contribution in [2.24, 2.45) is 0 Å². The van der Waals surface area contributed by atoms with Gasteiger partial charge >= 0.3 is 10.5 Å². The Labute approximate surface area is 83.9 Å². The topological polar surface area (TPSA) is 58.0 Å². The van der Waals surface area contributed by atoms with Gasteiger partial charge in [-0.15, -0.1) is 11.6 Å². The van der Waals surface area contributed by atoms with Gasteiger partial charge in [-0.2, -0.15) is 13.2 Å². The molecule has 0 radical (unpaired) electrons. The van der Waals surface area contributed by atoms with Crippen LogP contribution in [0.25, 0.3) is 0 Å². The monoisotopic (exact) mass is 219 g/mol. The van der Waals surface area contributed by atoms with Crippen LogP contribution < -0.4 is 0 Å². The third-order valence-corrected chi connectivity index (χ3v) is 1.55. The largest absolute Gasteiger partial charge is 0.308 e. The number of halogens is 1. The van der Waals surface area contributed by atoms with Crippen LogP contribution in [0, 0.1) is 11.7 Å². The Morgan fingerprint density at radius 3 is 2.31 bits per heavy atom. The van der Waals surface area contributed by atoms with Crippen molar-refractivity contribution in [3.8, 4) is 0 Å². The summed E-state index contributed by atoms with van der Waals surface area (Å²) in [5.41, 5.74) is 2.46. The molecule has 13 heavy (non-hydrogen) atoms. The zero-order valence-electron chi connectivity index (χ0n) is 7.12. The molecule has 1 N–H and O–H groups in total. The fourth-order valence-corrected chi connectivity index (χ4v) is 0.962. The SMILES string of the molecule is Cc1cccc(CCl)c1.N=S(=O)=O. The van der Waals surface area contributed by atoms with E-state index in [1.165, 1.54) is 11.1 Å². The molecule has 0 heterocycles. The second kappa shape index (κ2) is 6.62. The lowest BCUT2D eigenvalue weighted by Gasteiger charge is -1.94. The van der Waals surface area contributed by atoms with Gasteiger partial charge in [0, 0.05) is 5.88 Å². The van der Waals surface area contributed by atoms with Crippen LogP contribution in [0.4, 0.5) is 0 Å². The molecule has 0 unspecified atom stereocenters. The van der Waals surface area contributed by atoms with E-state index < -0.39 is 10.5 Å². The Morgan fingerprint density at radius 1 is 1.46 bits per heavy atom. The molecule has 0 aromatic heterocycles. The zero-order chi connectivity index (χ0) is 10.3. The van der Waals surface area contributed by atoms with Crippen LogP contribution in [0.3, 0.4) is 0 Å². The average Bonchev–Trinajstić information content (AvgIpc) is 2.03. The highest BCUT2D eigenvalue weighted by molar-refractivity contribution is 7.60. The fraction of sp³-hybridized carbons (Fsp3) is 0.250. The molecule has 3 nitrogen and oxygen atoms in total. The van der Waals surface area contributed by atoms with Gasteiger partial charge in [-0.25, -0.2) is 0 Å². The van der Waals surface area contributed by atoms with Crippen LogP contribution in [0.1, 0.15) is 11.1 Å². The number of hydrogen-bond acceptors (Lipinski definition) is 3. The van der Waals surface area contributed by atoms with Crippen LogP contribution in [-0.4, -0.2) is 8.42 Å². The third kappa shape index (κ3) is 7.49. The molecule has 1 aromatic rings. The standard InChI is InChI=1S/C8H9Cl.HNO2S/c1-7-3-2-4-8(5-7)6-9;1-4(2)3/h2-5H,6H2,1H3;1H. The molecule has 0 aliphatic carbocycles. The number of rotatable bonds is 1. The molecular formula is C8H10ClNO2S. The summed E-state index contributed by atoms with van der Waals surface area (Å²) in [5, 5.41) is 0. The van der Waals surface area contributed by atoms with Crippen molar-refractivity contribution in [3.05, 3.63) is 35.4 Å². The van der Waals surface area contributed by atoms with Gasteiger partial charge in [0.15, 0.2) is 0 Å². The molecule has 0 spiro atoms. The van der Waals surface area contributed by atoms with Crippen molar-refractivity contribution in [3.63, 3.8) is 0 Å². The summed E-state index contributed by atoms with van der Waals surface area (Å²) in [6.45, 7) is 2.07. The third-order valence-electron chi connectivity index (χ3n) is 1.24. The van der Waals surface area contributed by atoms with Gasteiger partial charge in [-0.1, -0.05) is 29.8 Å². The van der Waals surface area contributed by atoms with Crippen LogP contribution in [0.5, 0.6) is 0 Å². The first-order valence-electron chi connectivity index (χ1n) is 3.48. The molecule has 0 atom stereocenters. The normalized spacial score (nSPS) is 8.46. The van der Waals surface area contributed by atoms with Gasteiger partial charge in [-0.05, 0) is 12.5 Å². The summed E-state index contributed by atoms with van der Waals surface area (Å²) in [4.78, 5) is 0. The maximum absolute atomic E-state index is 8.67. The first-order chi connectivity index (χ1) is 6.06. The highest BCUT2D eigenvalue weighted by Crippen LogP contribution is 2.05. The van der Waals surface area contributed by atoms with Crippen LogP contribution >= 0.6 is 11.6 Å². The van der Waals surface area contributed by atoms with E-state index in [1.807, 2.05) is 12.1 Å². The van der Waals surface area contributed by atoms with Crippen molar-refractivity contribution in [1.82, 2.24) is 0 Å². The minimum atomic E-state index is -2.61. The van der Waals surface area contributed by atoms with E-state index >= 15 is 0 Å². The van der Waals surface area contributed by atoms with Crippen molar-refractivity contribution >= 4 is 22.1 Å². The van der Waals surface area contributed by atoms with Gasteiger partial charge in [0.2, 0.25) is 0 Å². The minimum absolute atomic E-state index is 0.613. The minimum Gasteiger partial charge on any atom is -0.188 e. The molecule has 0 bridgehead atoms. The molecule has 0 amide bonds. The molecule has 5 heteroatoms. The van der Waals surface area contributed by atoms with Gasteiger partial charge < -0.3 is 0 Å². The van der Waals surface area contributed by atoms with E-state index in [0.717, 1.165) is 0 Å². The average molecular weight is 220 g/mol. The summed E-state index contributed by atoms with van der Waals surface area (Å²) in [5.74, 6) is 0.613. The molecule has 0 saturated heterocycles. The van der Waals surface area contributed by atoms with Crippen molar-refractivity contribution in [2.45, 2.75) is 12.8 Å². The molecule has 1 rings (SSSR count). The smallest absolute Gasteiger partial charge is 0.188 e. The Kier molecular flexibility index (Phi) is 6.18. The van der Waals surface area contributed by atoms with Crippen LogP contribution in [0.15, 0.2) is 24.3 Å². The highest BCUT2D eigenvalue weighted by atomic mass is 35.5. The van der Waals surface area contributed by atoms with E-state index in [0.29, 0.717) is 5.88 Å². The highest BCUT2D eigenvalue weighted by Gasteiger charge is 1.87. The predicted octanol–water partition coefficient (Wildman–Crippen LogP) is 2.36. The molecule has 1 aromatic carbocycles. The van der Waals surface area contributed by atoms with Gasteiger partial charge in [0.25, 0.3) is 0 Å². The van der Waals surface area contributed by atoms with Crippen LogP contribution in [0.2, 0.25) is 0 Å². The predicted molar refractivity (Wildman–Crippen MR) is 52.4 cm³/mol. The lowest BCUT2D eigenvalue weighted by molar-refractivity contribution is 0.620. The van der Waals surface area contributed by atoms with Gasteiger partial charge in [-0.3, -0.25) is 0 Å². The molecule has 0 aliphatic heterocycles. The van der Waals surface area contributed by atoms with E-state index in [9.17, 15) is 0 Å². The van der Waals surface area contributed by atoms with Crippen molar-refractivity contribution in [2.75, 3.05) is 0 Å². The summed E-state index contributed by atoms with van der Waals surface area (Å²) in [6.07, 6.45) is 0. The second-order valence-corrected chi connectivity index (χ2v) is 3.09. The van der Waals surface area contributed by atoms with E-state index in [-0.39, 0.29) is 0 Å². The molecular weight excluding hydrogens is 210 g/mol. The maximum Gasteiger partial charge on any atom is 0.308 e. The number of hydrogen-bond donors (Lipinski definition) is 1. The Morgan fingerprint density at radius 2 is 2.00 bits per heavy atom. The number of aryl methyl sites for hydroxylation is 1. The lowest BCUT2D eigenvalue weighted by Crippen LogP contribution is -1.76. The summed E-state index contributed by atoms with van der Waals surface area (Å²) in [6, 6.07) is 8.20. The molecule has 0 aliphatic rings. The van der Waals surface area contributed by atoms with E-state index in [1.54, 1.807) is 0 Å². The molecule has 0 saturated carbocycles. The Bertz CT molecular complexity index is 354. The quantitative estimate of drug-likeness (QED) is 0.738. The van der Waals surface area contributed by atoms with Gasteiger partial charge in [0.1, 0.15) is 0 Å². The number of alkyl halides is 1.